The maximum atomic E-state index is 15.1. The Balaban J connectivity index is 1.29. The summed E-state index contributed by atoms with van der Waals surface area (Å²) in [5, 5.41) is 14.3. The van der Waals surface area contributed by atoms with Crippen molar-refractivity contribution >= 4 is 44.6 Å². The van der Waals surface area contributed by atoms with Gasteiger partial charge in [0, 0.05) is 23.1 Å². The number of pyridine rings is 1. The lowest BCUT2D eigenvalue weighted by Gasteiger charge is -2.52. The number of carbonyl (C=O) groups is 4. The number of hydrogen-bond donors (Lipinski definition) is 3. The van der Waals surface area contributed by atoms with Crippen LogP contribution in [0.15, 0.2) is 42.6 Å². The maximum Gasteiger partial charge on any atom is 0.416 e. The van der Waals surface area contributed by atoms with Gasteiger partial charge in [0.05, 0.1) is 33.1 Å². The van der Waals surface area contributed by atoms with Gasteiger partial charge in [0.15, 0.2) is 5.54 Å². The minimum absolute atomic E-state index is 0.000556. The highest BCUT2D eigenvalue weighted by Gasteiger charge is 2.69. The molecule has 7 atom stereocenters. The van der Waals surface area contributed by atoms with E-state index in [1.807, 2.05) is 11.6 Å². The molecule has 0 unspecified atom stereocenters. The molecule has 322 valence electrons. The van der Waals surface area contributed by atoms with Crippen molar-refractivity contribution in [1.82, 2.24) is 24.8 Å². The Kier molecular flexibility index (Phi) is 11.1. The number of sulfonamides is 1. The molecule has 59 heavy (non-hydrogen) atoms. The van der Waals surface area contributed by atoms with Crippen LogP contribution in [0.2, 0.25) is 0 Å². The summed E-state index contributed by atoms with van der Waals surface area (Å²) in [6.45, 7) is -0.397. The molecule has 15 nitrogen and oxygen atoms in total. The van der Waals surface area contributed by atoms with Crippen LogP contribution in [0.4, 0.5) is 22.4 Å². The number of alkyl halides is 4. The van der Waals surface area contributed by atoms with Crippen molar-refractivity contribution in [2.24, 2.45) is 17.8 Å². The van der Waals surface area contributed by atoms with E-state index in [4.69, 9.17) is 14.2 Å². The molecule has 1 aromatic carbocycles. The van der Waals surface area contributed by atoms with Crippen LogP contribution in [0.1, 0.15) is 58.8 Å². The second-order valence-electron chi connectivity index (χ2n) is 16.6. The zero-order valence-corrected chi connectivity index (χ0v) is 33.5. The van der Waals surface area contributed by atoms with Crippen molar-refractivity contribution in [2.45, 2.75) is 99.0 Å². The second kappa shape index (κ2) is 15.4. The molecule has 1 aromatic heterocycles. The average Bonchev–Trinajstić information content (AvgIpc) is 4.06. The first-order valence-corrected chi connectivity index (χ1v) is 21.0. The van der Waals surface area contributed by atoms with E-state index in [0.29, 0.717) is 29.4 Å². The summed E-state index contributed by atoms with van der Waals surface area (Å²) in [5.41, 5.74) is -4.90. The molecule has 0 spiro atoms. The van der Waals surface area contributed by atoms with Gasteiger partial charge in [-0.05, 0) is 56.4 Å². The standard InChI is InChI=1S/C39H47F4N5O10S/c1-22-8-4-5-9-24-16-38(24,34(51)46-59(54,55)36(19-40)12-13-36)45-31(49)28-15-25(58-32-27-11-7-6-10-26(27)29(56-3)17-44-32)18-47(28)33(50)30(23(2)14-22)48(35(52)53)37(20-57-21-37)39(41,42)43/h5-7,9-11,17,22-25,28,30H,4,8,12-16,18-21H2,1-3H3,(H,45,49)(H,46,51)(H,52,53)/t22-,23-,24-,25-,28+,30+,38-/m1/s1. The summed E-state index contributed by atoms with van der Waals surface area (Å²) in [6.07, 6.45) is -2.69. The number of amides is 4. The molecule has 2 saturated heterocycles. The van der Waals surface area contributed by atoms with Crippen LogP contribution in [0.25, 0.3) is 10.8 Å². The number of benzene rings is 1. The van der Waals surface area contributed by atoms with Crippen LogP contribution in [0.3, 0.4) is 0 Å². The Hall–Kier alpha value is -4.72. The largest absolute Gasteiger partial charge is 0.494 e. The molecule has 2 aromatic rings. The second-order valence-corrected chi connectivity index (χ2v) is 18.7. The average molecular weight is 854 g/mol. The van der Waals surface area contributed by atoms with Crippen molar-refractivity contribution in [3.63, 3.8) is 0 Å². The minimum Gasteiger partial charge on any atom is -0.494 e. The number of nitrogens with one attached hydrogen (secondary N) is 2. The lowest BCUT2D eigenvalue weighted by atomic mass is 9.83. The predicted molar refractivity (Wildman–Crippen MR) is 201 cm³/mol. The summed E-state index contributed by atoms with van der Waals surface area (Å²) in [7, 11) is -3.05. The summed E-state index contributed by atoms with van der Waals surface area (Å²) < 4.78 is 102. The molecular weight excluding hydrogens is 807 g/mol. The molecule has 3 aliphatic heterocycles. The minimum atomic E-state index is -5.15. The van der Waals surface area contributed by atoms with Gasteiger partial charge in [0.1, 0.15) is 40.9 Å². The molecule has 20 heteroatoms. The number of aromatic nitrogens is 1. The molecule has 4 fully saturated rings. The van der Waals surface area contributed by atoms with Gasteiger partial charge in [-0.1, -0.05) is 44.2 Å². The Morgan fingerprint density at radius 3 is 2.42 bits per heavy atom. The van der Waals surface area contributed by atoms with Gasteiger partial charge < -0.3 is 29.5 Å². The van der Waals surface area contributed by atoms with Crippen LogP contribution < -0.4 is 19.5 Å². The van der Waals surface area contributed by atoms with Crippen molar-refractivity contribution in [2.75, 3.05) is 33.5 Å². The monoisotopic (exact) mass is 853 g/mol. The maximum absolute atomic E-state index is 15.1. The van der Waals surface area contributed by atoms with E-state index in [-0.39, 0.29) is 48.8 Å². The van der Waals surface area contributed by atoms with Crippen LogP contribution in [0.5, 0.6) is 11.6 Å². The first-order chi connectivity index (χ1) is 27.8. The van der Waals surface area contributed by atoms with E-state index in [0.717, 1.165) is 4.90 Å². The number of allylic oxidation sites excluding steroid dienone is 1. The van der Waals surface area contributed by atoms with Gasteiger partial charge in [0.25, 0.3) is 5.91 Å². The SMILES string of the molecule is COc1cnc(O[C@@H]2C[C@H]3C(=O)N[C@]4(C(=O)NS(=O)(=O)C5(CF)CC5)C[C@H]4C=CCC[C@@H](C)C[C@@H](C)[C@H](N(C(=O)O)C4(C(F)(F)F)COC4)C(=O)N3C2)c2ccccc12. The summed E-state index contributed by atoms with van der Waals surface area (Å²) in [5.74, 6) is -4.58. The lowest BCUT2D eigenvalue weighted by molar-refractivity contribution is -0.304. The number of hydrogen-bond acceptors (Lipinski definition) is 10. The number of halogens is 4. The molecule has 2 aliphatic carbocycles. The van der Waals surface area contributed by atoms with E-state index in [1.165, 1.54) is 20.2 Å². The van der Waals surface area contributed by atoms with E-state index in [9.17, 15) is 45.5 Å². The Bertz CT molecular complexity index is 2150. The fourth-order valence-electron chi connectivity index (χ4n) is 8.75. The number of ether oxygens (including phenoxy) is 3. The molecular formula is C39H47F4N5O10S. The van der Waals surface area contributed by atoms with Gasteiger partial charge in [-0.3, -0.25) is 24.0 Å². The predicted octanol–water partition coefficient (Wildman–Crippen LogP) is 4.11. The molecule has 5 aliphatic rings. The zero-order valence-electron chi connectivity index (χ0n) is 32.7. The topological polar surface area (TPSA) is 194 Å². The van der Waals surface area contributed by atoms with Gasteiger partial charge in [-0.25, -0.2) is 22.6 Å². The van der Waals surface area contributed by atoms with Gasteiger partial charge in [-0.2, -0.15) is 13.2 Å². The Morgan fingerprint density at radius 1 is 1.14 bits per heavy atom. The Morgan fingerprint density at radius 2 is 1.83 bits per heavy atom. The van der Waals surface area contributed by atoms with Crippen LogP contribution in [0, 0.1) is 17.8 Å². The number of nitrogens with zero attached hydrogens (tertiary/aromatic N) is 3. The summed E-state index contributed by atoms with van der Waals surface area (Å²) in [6, 6.07) is 3.46. The highest BCUT2D eigenvalue weighted by atomic mass is 32.2. The van der Waals surface area contributed by atoms with Crippen LogP contribution in [-0.2, 0) is 29.1 Å². The molecule has 4 heterocycles. The third-order valence-corrected chi connectivity index (χ3v) is 14.7. The quantitative estimate of drug-likeness (QED) is 0.243. The van der Waals surface area contributed by atoms with Crippen molar-refractivity contribution in [3.8, 4) is 11.6 Å². The normalized spacial score (nSPS) is 30.4. The summed E-state index contributed by atoms with van der Waals surface area (Å²) in [4.78, 5) is 62.1. The van der Waals surface area contributed by atoms with E-state index < -0.39 is 112 Å². The first kappa shape index (κ1) is 42.4. The highest BCUT2D eigenvalue weighted by molar-refractivity contribution is 7.91. The van der Waals surface area contributed by atoms with E-state index in [1.54, 1.807) is 36.4 Å². The van der Waals surface area contributed by atoms with Gasteiger partial charge in [-0.15, -0.1) is 0 Å². The summed E-state index contributed by atoms with van der Waals surface area (Å²) >= 11 is 0. The van der Waals surface area contributed by atoms with Gasteiger partial charge >= 0.3 is 12.3 Å². The molecule has 4 amide bonds. The van der Waals surface area contributed by atoms with Crippen molar-refractivity contribution in [1.29, 1.82) is 0 Å². The smallest absolute Gasteiger partial charge is 0.416 e. The third-order valence-electron chi connectivity index (χ3n) is 12.6. The number of carbonyl (C=O) groups excluding carboxylic acids is 3. The van der Waals surface area contributed by atoms with Crippen LogP contribution >= 0.6 is 0 Å². The molecule has 2 saturated carbocycles. The zero-order chi connectivity index (χ0) is 42.7. The van der Waals surface area contributed by atoms with E-state index >= 15 is 4.79 Å². The Labute approximate surface area is 337 Å². The molecule has 0 radical (unpaired) electrons. The molecule has 7 rings (SSSR count). The van der Waals surface area contributed by atoms with Crippen molar-refractivity contribution in [3.05, 3.63) is 42.6 Å². The van der Waals surface area contributed by atoms with Gasteiger partial charge in [0.2, 0.25) is 27.7 Å². The fourth-order valence-corrected chi connectivity index (χ4v) is 10.2. The lowest BCUT2D eigenvalue weighted by Crippen LogP contribution is -2.76. The number of rotatable bonds is 9. The highest BCUT2D eigenvalue weighted by Crippen LogP contribution is 2.49. The fraction of sp³-hybridized carbons (Fsp3) is 0.615. The number of fused-ring (bicyclic) bond motifs is 3. The number of carboxylic acid groups (broad SMARTS) is 1. The molecule has 0 bridgehead atoms. The molecule has 3 N–H and O–H groups in total. The first-order valence-electron chi connectivity index (χ1n) is 19.5. The van der Waals surface area contributed by atoms with E-state index in [2.05, 4.69) is 10.3 Å². The third kappa shape index (κ3) is 7.43. The van der Waals surface area contributed by atoms with Crippen molar-refractivity contribution < 1.29 is 64.5 Å². The van der Waals surface area contributed by atoms with Crippen LogP contribution in [-0.4, -0.2) is 126 Å². The number of methoxy groups -OCH3 is 1.